The molecule has 3 heteroatoms. The zero-order valence-electron chi connectivity index (χ0n) is 12.5. The van der Waals surface area contributed by atoms with E-state index in [0.29, 0.717) is 16.8 Å². The number of hydrogen-bond acceptors (Lipinski definition) is 3. The van der Waals surface area contributed by atoms with Gasteiger partial charge in [-0.1, -0.05) is 45.0 Å². The molecule has 0 heterocycles. The van der Waals surface area contributed by atoms with Gasteiger partial charge in [0, 0.05) is 11.8 Å². The third-order valence-corrected chi connectivity index (χ3v) is 3.24. The molecule has 2 aromatic carbocycles. The molecule has 0 aliphatic carbocycles. The number of nitriles is 1. The Bertz CT molecular complexity index is 719. The molecule has 0 spiro atoms. The van der Waals surface area contributed by atoms with Gasteiger partial charge in [-0.2, -0.15) is 5.26 Å². The number of nitrogens with zero attached hydrogens (tertiary/aromatic N) is 2. The van der Waals surface area contributed by atoms with E-state index in [-0.39, 0.29) is 11.2 Å². The largest absolute Gasteiger partial charge is 0.507 e. The van der Waals surface area contributed by atoms with E-state index in [2.05, 4.69) is 11.1 Å². The molecule has 21 heavy (non-hydrogen) atoms. The van der Waals surface area contributed by atoms with Gasteiger partial charge in [0.05, 0.1) is 11.3 Å². The zero-order valence-corrected chi connectivity index (χ0v) is 12.5. The third-order valence-electron chi connectivity index (χ3n) is 3.24. The van der Waals surface area contributed by atoms with Crippen molar-refractivity contribution in [3.05, 3.63) is 59.2 Å². The smallest absolute Gasteiger partial charge is 0.128 e. The van der Waals surface area contributed by atoms with Crippen molar-refractivity contribution in [2.24, 2.45) is 4.99 Å². The normalized spacial score (nSPS) is 11.5. The summed E-state index contributed by atoms with van der Waals surface area (Å²) in [6.07, 6.45) is 1.60. The first-order valence-electron chi connectivity index (χ1n) is 6.79. The van der Waals surface area contributed by atoms with Gasteiger partial charge in [0.1, 0.15) is 11.8 Å². The van der Waals surface area contributed by atoms with Crippen LogP contribution in [0.2, 0.25) is 0 Å². The van der Waals surface area contributed by atoms with Crippen molar-refractivity contribution in [2.45, 2.75) is 26.2 Å². The summed E-state index contributed by atoms with van der Waals surface area (Å²) in [6.45, 7) is 6.15. The summed E-state index contributed by atoms with van der Waals surface area (Å²) < 4.78 is 0. The fourth-order valence-electron chi connectivity index (χ4n) is 2.09. The van der Waals surface area contributed by atoms with E-state index in [1.807, 2.05) is 45.0 Å². The molecule has 0 saturated carbocycles. The summed E-state index contributed by atoms with van der Waals surface area (Å²) in [7, 11) is 0. The Kier molecular flexibility index (Phi) is 4.09. The van der Waals surface area contributed by atoms with Crippen molar-refractivity contribution < 1.29 is 5.11 Å². The number of phenolic OH excluding ortho intramolecular Hbond substituents is 1. The highest BCUT2D eigenvalue weighted by Gasteiger charge is 2.19. The minimum atomic E-state index is -0.140. The molecular formula is C18H18N2O. The molecule has 0 atom stereocenters. The standard InChI is InChI=1S/C18H18N2O/c1-18(2,3)15-9-6-8-14(17(15)21)12-20-16-10-5-4-7-13(16)11-19/h4-10,12,21H,1-3H3. The maximum atomic E-state index is 10.4. The molecule has 1 N–H and O–H groups in total. The van der Waals surface area contributed by atoms with Gasteiger partial charge in [-0.05, 0) is 29.2 Å². The molecule has 0 aliphatic rings. The Morgan fingerprint density at radius 3 is 2.48 bits per heavy atom. The quantitative estimate of drug-likeness (QED) is 0.832. The Morgan fingerprint density at radius 1 is 1.10 bits per heavy atom. The van der Waals surface area contributed by atoms with Crippen LogP contribution in [0.4, 0.5) is 5.69 Å². The second-order valence-electron chi connectivity index (χ2n) is 5.88. The van der Waals surface area contributed by atoms with E-state index >= 15 is 0 Å². The lowest BCUT2D eigenvalue weighted by Gasteiger charge is -2.21. The van der Waals surface area contributed by atoms with Gasteiger partial charge in [-0.3, -0.25) is 4.99 Å². The Hall–Kier alpha value is -2.60. The van der Waals surface area contributed by atoms with Crippen molar-refractivity contribution in [1.82, 2.24) is 0 Å². The molecule has 0 fully saturated rings. The Balaban J connectivity index is 2.41. The molecule has 0 aliphatic heterocycles. The van der Waals surface area contributed by atoms with E-state index in [4.69, 9.17) is 5.26 Å². The number of benzene rings is 2. The Morgan fingerprint density at radius 2 is 1.81 bits per heavy atom. The zero-order chi connectivity index (χ0) is 15.5. The highest BCUT2D eigenvalue weighted by molar-refractivity contribution is 5.86. The van der Waals surface area contributed by atoms with E-state index in [1.165, 1.54) is 0 Å². The van der Waals surface area contributed by atoms with Gasteiger partial charge in [0.25, 0.3) is 0 Å². The number of phenols is 1. The third kappa shape index (κ3) is 3.29. The molecule has 0 aromatic heterocycles. The summed E-state index contributed by atoms with van der Waals surface area (Å²) in [5.74, 6) is 0.239. The van der Waals surface area contributed by atoms with E-state index < -0.39 is 0 Å². The average Bonchev–Trinajstić information content (AvgIpc) is 2.45. The summed E-state index contributed by atoms with van der Waals surface area (Å²) in [6, 6.07) is 14.9. The summed E-state index contributed by atoms with van der Waals surface area (Å²) in [5, 5.41) is 19.4. The van der Waals surface area contributed by atoms with Crippen LogP contribution in [0.3, 0.4) is 0 Å². The van der Waals surface area contributed by atoms with Crippen LogP contribution in [-0.2, 0) is 5.41 Å². The van der Waals surface area contributed by atoms with Crippen LogP contribution in [0.15, 0.2) is 47.5 Å². The van der Waals surface area contributed by atoms with E-state index in [0.717, 1.165) is 5.56 Å². The van der Waals surface area contributed by atoms with Gasteiger partial charge < -0.3 is 5.11 Å². The molecule has 0 amide bonds. The van der Waals surface area contributed by atoms with Crippen LogP contribution in [0.25, 0.3) is 0 Å². The maximum Gasteiger partial charge on any atom is 0.128 e. The van der Waals surface area contributed by atoms with Crippen molar-refractivity contribution in [2.75, 3.05) is 0 Å². The highest BCUT2D eigenvalue weighted by Crippen LogP contribution is 2.32. The fraction of sp³-hybridized carbons (Fsp3) is 0.222. The first-order valence-corrected chi connectivity index (χ1v) is 6.79. The van der Waals surface area contributed by atoms with E-state index in [9.17, 15) is 5.11 Å². The molecule has 0 radical (unpaired) electrons. The highest BCUT2D eigenvalue weighted by atomic mass is 16.3. The second kappa shape index (κ2) is 5.80. The molecule has 106 valence electrons. The molecule has 0 unspecified atom stereocenters. The van der Waals surface area contributed by atoms with E-state index in [1.54, 1.807) is 24.4 Å². The van der Waals surface area contributed by atoms with Crippen molar-refractivity contribution >= 4 is 11.9 Å². The van der Waals surface area contributed by atoms with Crippen LogP contribution < -0.4 is 0 Å². The number of aliphatic imine (C=N–C) groups is 1. The lowest BCUT2D eigenvalue weighted by atomic mass is 9.85. The first kappa shape index (κ1) is 14.8. The van der Waals surface area contributed by atoms with Crippen LogP contribution in [0, 0.1) is 11.3 Å². The number of rotatable bonds is 2. The number of hydrogen-bond donors (Lipinski definition) is 1. The minimum absolute atomic E-state index is 0.140. The maximum absolute atomic E-state index is 10.4. The van der Waals surface area contributed by atoms with Crippen LogP contribution in [-0.4, -0.2) is 11.3 Å². The predicted molar refractivity (Wildman–Crippen MR) is 85.2 cm³/mol. The van der Waals surface area contributed by atoms with Crippen molar-refractivity contribution in [1.29, 1.82) is 5.26 Å². The summed E-state index contributed by atoms with van der Waals surface area (Å²) >= 11 is 0. The van der Waals surface area contributed by atoms with Crippen molar-refractivity contribution in [3.8, 4) is 11.8 Å². The average molecular weight is 278 g/mol. The van der Waals surface area contributed by atoms with Gasteiger partial charge in [0.2, 0.25) is 0 Å². The topological polar surface area (TPSA) is 56.4 Å². The molecule has 3 nitrogen and oxygen atoms in total. The molecule has 2 rings (SSSR count). The first-order chi connectivity index (χ1) is 9.93. The molecule has 2 aromatic rings. The summed E-state index contributed by atoms with van der Waals surface area (Å²) in [4.78, 5) is 4.32. The van der Waals surface area contributed by atoms with Crippen molar-refractivity contribution in [3.63, 3.8) is 0 Å². The van der Waals surface area contributed by atoms with Gasteiger partial charge >= 0.3 is 0 Å². The lowest BCUT2D eigenvalue weighted by Crippen LogP contribution is -2.11. The van der Waals surface area contributed by atoms with Crippen LogP contribution in [0.1, 0.15) is 37.5 Å². The minimum Gasteiger partial charge on any atom is -0.507 e. The van der Waals surface area contributed by atoms with Crippen LogP contribution in [0.5, 0.6) is 5.75 Å². The van der Waals surface area contributed by atoms with Gasteiger partial charge in [-0.15, -0.1) is 0 Å². The predicted octanol–water partition coefficient (Wildman–Crippen LogP) is 4.31. The second-order valence-corrected chi connectivity index (χ2v) is 5.88. The molecular weight excluding hydrogens is 260 g/mol. The molecule has 0 saturated heterocycles. The van der Waals surface area contributed by atoms with Gasteiger partial charge in [-0.25, -0.2) is 0 Å². The van der Waals surface area contributed by atoms with Gasteiger partial charge in [0.15, 0.2) is 0 Å². The number of para-hydroxylation sites is 2. The fourth-order valence-corrected chi connectivity index (χ4v) is 2.09. The number of aromatic hydroxyl groups is 1. The lowest BCUT2D eigenvalue weighted by molar-refractivity contribution is 0.446. The van der Waals surface area contributed by atoms with Crippen LogP contribution >= 0.6 is 0 Å². The Labute approximate surface area is 125 Å². The molecule has 0 bridgehead atoms. The SMILES string of the molecule is CC(C)(C)c1cccc(C=Nc2ccccc2C#N)c1O. The monoisotopic (exact) mass is 278 g/mol. The summed E-state index contributed by atoms with van der Waals surface area (Å²) in [5.41, 5.74) is 2.49.